The molecule has 0 heterocycles. The van der Waals surface area contributed by atoms with Crippen molar-refractivity contribution >= 4 is 34.2 Å². The first-order valence-electron chi connectivity index (χ1n) is 7.01. The third-order valence-corrected chi connectivity index (χ3v) is 4.15. The van der Waals surface area contributed by atoms with Crippen LogP contribution >= 0.6 is 22.6 Å². The SMILES string of the molecule is CCCC(CCN)CCC(=O)Nc1ccc(F)cc1I. The Morgan fingerprint density at radius 3 is 2.75 bits per heavy atom. The summed E-state index contributed by atoms with van der Waals surface area (Å²) in [6.07, 6.45) is 4.53. The molecule has 0 radical (unpaired) electrons. The Morgan fingerprint density at radius 1 is 1.40 bits per heavy atom. The van der Waals surface area contributed by atoms with E-state index in [0.717, 1.165) is 25.7 Å². The molecule has 20 heavy (non-hydrogen) atoms. The van der Waals surface area contributed by atoms with Crippen LogP contribution in [0.25, 0.3) is 0 Å². The largest absolute Gasteiger partial charge is 0.330 e. The quantitative estimate of drug-likeness (QED) is 0.659. The van der Waals surface area contributed by atoms with E-state index in [1.807, 2.05) is 22.6 Å². The van der Waals surface area contributed by atoms with Crippen molar-refractivity contribution in [1.82, 2.24) is 0 Å². The van der Waals surface area contributed by atoms with Gasteiger partial charge in [0.15, 0.2) is 0 Å². The number of carbonyl (C=O) groups is 1. The number of nitrogens with one attached hydrogen (secondary N) is 1. The van der Waals surface area contributed by atoms with E-state index in [0.29, 0.717) is 28.1 Å². The van der Waals surface area contributed by atoms with Crippen molar-refractivity contribution in [3.05, 3.63) is 27.6 Å². The molecule has 3 N–H and O–H groups in total. The number of halogens is 2. The van der Waals surface area contributed by atoms with Crippen LogP contribution in [-0.4, -0.2) is 12.5 Å². The van der Waals surface area contributed by atoms with E-state index in [1.54, 1.807) is 6.07 Å². The molecule has 0 aliphatic heterocycles. The molecule has 0 fully saturated rings. The summed E-state index contributed by atoms with van der Waals surface area (Å²) in [5.41, 5.74) is 6.26. The maximum absolute atomic E-state index is 13.0. The summed E-state index contributed by atoms with van der Waals surface area (Å²) in [5, 5.41) is 2.83. The van der Waals surface area contributed by atoms with E-state index in [4.69, 9.17) is 5.73 Å². The summed E-state index contributed by atoms with van der Waals surface area (Å²) in [6, 6.07) is 4.36. The lowest BCUT2D eigenvalue weighted by atomic mass is 9.94. The summed E-state index contributed by atoms with van der Waals surface area (Å²) < 4.78 is 13.7. The third kappa shape index (κ3) is 6.17. The van der Waals surface area contributed by atoms with Crippen molar-refractivity contribution < 1.29 is 9.18 Å². The van der Waals surface area contributed by atoms with Gasteiger partial charge in [-0.1, -0.05) is 19.8 Å². The maximum atomic E-state index is 13.0. The number of benzene rings is 1. The molecular formula is C15H22FIN2O. The van der Waals surface area contributed by atoms with E-state index in [1.165, 1.54) is 12.1 Å². The summed E-state index contributed by atoms with van der Waals surface area (Å²) in [6.45, 7) is 2.81. The highest BCUT2D eigenvalue weighted by molar-refractivity contribution is 14.1. The number of rotatable bonds is 8. The monoisotopic (exact) mass is 392 g/mol. The van der Waals surface area contributed by atoms with E-state index < -0.39 is 0 Å². The molecule has 0 bridgehead atoms. The first kappa shape index (κ1) is 17.4. The zero-order valence-corrected chi connectivity index (χ0v) is 14.0. The molecule has 0 aliphatic rings. The average molecular weight is 392 g/mol. The molecule has 1 rings (SSSR count). The van der Waals surface area contributed by atoms with Crippen LogP contribution in [0.1, 0.15) is 39.0 Å². The molecule has 112 valence electrons. The van der Waals surface area contributed by atoms with Crippen LogP contribution in [0.15, 0.2) is 18.2 Å². The van der Waals surface area contributed by atoms with Crippen molar-refractivity contribution in [1.29, 1.82) is 0 Å². The van der Waals surface area contributed by atoms with Crippen molar-refractivity contribution in [3.8, 4) is 0 Å². The van der Waals surface area contributed by atoms with E-state index in [9.17, 15) is 9.18 Å². The lowest BCUT2D eigenvalue weighted by molar-refractivity contribution is -0.116. The minimum atomic E-state index is -0.293. The van der Waals surface area contributed by atoms with Gasteiger partial charge in [-0.3, -0.25) is 4.79 Å². The van der Waals surface area contributed by atoms with Crippen LogP contribution in [-0.2, 0) is 4.79 Å². The minimum absolute atomic E-state index is 0.0207. The zero-order chi connectivity index (χ0) is 15.0. The smallest absolute Gasteiger partial charge is 0.224 e. The van der Waals surface area contributed by atoms with Crippen molar-refractivity contribution in [2.45, 2.75) is 39.0 Å². The highest BCUT2D eigenvalue weighted by Gasteiger charge is 2.11. The Labute approximate surface area is 133 Å². The molecule has 0 saturated heterocycles. The van der Waals surface area contributed by atoms with Crippen LogP contribution in [0.2, 0.25) is 0 Å². The summed E-state index contributed by atoms with van der Waals surface area (Å²) in [4.78, 5) is 11.9. The molecule has 0 aromatic heterocycles. The second-order valence-corrected chi connectivity index (χ2v) is 6.11. The molecule has 1 aromatic carbocycles. The van der Waals surface area contributed by atoms with Crippen LogP contribution < -0.4 is 11.1 Å². The van der Waals surface area contributed by atoms with Gasteiger partial charge < -0.3 is 11.1 Å². The van der Waals surface area contributed by atoms with Gasteiger partial charge in [0.25, 0.3) is 0 Å². The maximum Gasteiger partial charge on any atom is 0.224 e. The van der Waals surface area contributed by atoms with Crippen molar-refractivity contribution in [3.63, 3.8) is 0 Å². The predicted octanol–water partition coefficient (Wildman–Crippen LogP) is 3.91. The zero-order valence-electron chi connectivity index (χ0n) is 11.8. The van der Waals surface area contributed by atoms with Gasteiger partial charge in [0, 0.05) is 9.99 Å². The van der Waals surface area contributed by atoms with Gasteiger partial charge in [-0.15, -0.1) is 0 Å². The fourth-order valence-electron chi connectivity index (χ4n) is 2.22. The highest BCUT2D eigenvalue weighted by atomic mass is 127. The lowest BCUT2D eigenvalue weighted by Crippen LogP contribution is -2.16. The topological polar surface area (TPSA) is 55.1 Å². The average Bonchev–Trinajstić information content (AvgIpc) is 2.40. The Hall–Kier alpha value is -0.690. The number of anilines is 1. The Balaban J connectivity index is 2.46. The molecule has 5 heteroatoms. The van der Waals surface area contributed by atoms with Gasteiger partial charge in [0.2, 0.25) is 5.91 Å². The normalized spacial score (nSPS) is 12.2. The fraction of sp³-hybridized carbons (Fsp3) is 0.533. The first-order valence-corrected chi connectivity index (χ1v) is 8.09. The van der Waals surface area contributed by atoms with Crippen molar-refractivity contribution in [2.24, 2.45) is 11.7 Å². The molecule has 1 aromatic rings. The third-order valence-electron chi connectivity index (χ3n) is 3.26. The number of hydrogen-bond donors (Lipinski definition) is 2. The summed E-state index contributed by atoms with van der Waals surface area (Å²) >= 11 is 2.02. The second kappa shape index (κ2) is 9.28. The molecular weight excluding hydrogens is 370 g/mol. The van der Waals surface area contributed by atoms with Gasteiger partial charge >= 0.3 is 0 Å². The lowest BCUT2D eigenvalue weighted by Gasteiger charge is -2.15. The van der Waals surface area contributed by atoms with Crippen molar-refractivity contribution in [2.75, 3.05) is 11.9 Å². The number of nitrogens with two attached hydrogens (primary N) is 1. The Morgan fingerprint density at radius 2 is 2.15 bits per heavy atom. The van der Waals surface area contributed by atoms with E-state index in [2.05, 4.69) is 12.2 Å². The van der Waals surface area contributed by atoms with Gasteiger partial charge in [0.1, 0.15) is 5.82 Å². The van der Waals surface area contributed by atoms with Gasteiger partial charge in [-0.05, 0) is 66.1 Å². The van der Waals surface area contributed by atoms with E-state index in [-0.39, 0.29) is 11.7 Å². The number of hydrogen-bond acceptors (Lipinski definition) is 2. The number of amides is 1. The van der Waals surface area contributed by atoms with Crippen LogP contribution in [0.3, 0.4) is 0 Å². The Kier molecular flexibility index (Phi) is 8.06. The summed E-state index contributed by atoms with van der Waals surface area (Å²) in [7, 11) is 0. The summed E-state index contributed by atoms with van der Waals surface area (Å²) in [5.74, 6) is 0.203. The fourth-order valence-corrected chi connectivity index (χ4v) is 2.83. The minimum Gasteiger partial charge on any atom is -0.330 e. The molecule has 0 spiro atoms. The van der Waals surface area contributed by atoms with Crippen LogP contribution in [0, 0.1) is 15.3 Å². The predicted molar refractivity (Wildman–Crippen MR) is 89.1 cm³/mol. The molecule has 1 atom stereocenters. The molecule has 0 saturated carbocycles. The van der Waals surface area contributed by atoms with Gasteiger partial charge in [0.05, 0.1) is 5.69 Å². The highest BCUT2D eigenvalue weighted by Crippen LogP contribution is 2.21. The van der Waals surface area contributed by atoms with Gasteiger partial charge in [-0.2, -0.15) is 0 Å². The second-order valence-electron chi connectivity index (χ2n) is 4.94. The van der Waals surface area contributed by atoms with Gasteiger partial charge in [-0.25, -0.2) is 4.39 Å². The molecule has 1 amide bonds. The molecule has 3 nitrogen and oxygen atoms in total. The van der Waals surface area contributed by atoms with E-state index >= 15 is 0 Å². The standard InChI is InChI=1S/C15H22FIN2O/c1-2-3-11(8-9-18)4-7-15(20)19-14-6-5-12(16)10-13(14)17/h5-6,10-11H,2-4,7-9,18H2,1H3,(H,19,20). The molecule has 1 unspecified atom stereocenters. The Bertz CT molecular complexity index is 434. The number of carbonyl (C=O) groups excluding carboxylic acids is 1. The van der Waals surface area contributed by atoms with Crippen LogP contribution in [0.4, 0.5) is 10.1 Å². The first-order chi connectivity index (χ1) is 9.56. The molecule has 0 aliphatic carbocycles. The van der Waals surface area contributed by atoms with Crippen LogP contribution in [0.5, 0.6) is 0 Å².